The molecule has 0 radical (unpaired) electrons. The molecule has 2 amide bonds. The van der Waals surface area contributed by atoms with Gasteiger partial charge >= 0.3 is 12.1 Å². The normalized spacial score (nSPS) is 14.5. The number of aliphatic carboxylic acids is 1. The molecule has 1 atom stereocenters. The maximum absolute atomic E-state index is 13.6. The summed E-state index contributed by atoms with van der Waals surface area (Å²) in [6.45, 7) is -0.00354. The van der Waals surface area contributed by atoms with Crippen LogP contribution >= 0.6 is 0 Å². The van der Waals surface area contributed by atoms with Gasteiger partial charge in [0.1, 0.15) is 5.75 Å². The van der Waals surface area contributed by atoms with Crippen molar-refractivity contribution >= 4 is 23.5 Å². The van der Waals surface area contributed by atoms with Gasteiger partial charge in [-0.05, 0) is 72.2 Å². The van der Waals surface area contributed by atoms with Crippen LogP contribution in [0.5, 0.6) is 5.75 Å². The second kappa shape index (κ2) is 14.2. The van der Waals surface area contributed by atoms with Crippen LogP contribution in [0.2, 0.25) is 0 Å². The summed E-state index contributed by atoms with van der Waals surface area (Å²) in [5.41, 5.74) is 2.02. The molecule has 3 aromatic rings. The highest BCUT2D eigenvalue weighted by Gasteiger charge is 2.35. The van der Waals surface area contributed by atoms with E-state index in [4.69, 9.17) is 9.84 Å². The third kappa shape index (κ3) is 8.59. The van der Waals surface area contributed by atoms with Crippen molar-refractivity contribution in [3.63, 3.8) is 0 Å². The predicted octanol–water partition coefficient (Wildman–Crippen LogP) is 6.93. The lowest BCUT2D eigenvalue weighted by atomic mass is 9.83. The van der Waals surface area contributed by atoms with Crippen LogP contribution in [0.3, 0.4) is 0 Å². The first-order chi connectivity index (χ1) is 20.5. The minimum atomic E-state index is -4.66. The van der Waals surface area contributed by atoms with Crippen molar-refractivity contribution in [1.82, 2.24) is 5.32 Å². The highest BCUT2D eigenvalue weighted by Crippen LogP contribution is 2.38. The molecule has 1 fully saturated rings. The first-order valence-electron chi connectivity index (χ1n) is 14.3. The van der Waals surface area contributed by atoms with E-state index in [1.807, 2.05) is 24.3 Å². The zero-order chi connectivity index (χ0) is 31.0. The van der Waals surface area contributed by atoms with Crippen LogP contribution in [0.4, 0.5) is 18.9 Å². The van der Waals surface area contributed by atoms with Crippen molar-refractivity contribution in [3.05, 3.63) is 94.5 Å². The molecule has 228 valence electrons. The SMILES string of the molecule is COc1ccc(NC(=O)C(Cc2ccc(C(=O)NCCC(=O)O)cc2)c2ccc(C3CCCCC3)cc2)cc1C(F)(F)F. The summed E-state index contributed by atoms with van der Waals surface area (Å²) >= 11 is 0. The number of rotatable bonds is 11. The average Bonchev–Trinajstić information content (AvgIpc) is 3.00. The van der Waals surface area contributed by atoms with E-state index >= 15 is 0 Å². The number of carbonyl (C=O) groups is 3. The Morgan fingerprint density at radius 3 is 2.23 bits per heavy atom. The lowest BCUT2D eigenvalue weighted by molar-refractivity contribution is -0.139. The van der Waals surface area contributed by atoms with Crippen LogP contribution in [0.15, 0.2) is 66.7 Å². The lowest BCUT2D eigenvalue weighted by Gasteiger charge is -2.23. The summed E-state index contributed by atoms with van der Waals surface area (Å²) in [6, 6.07) is 17.9. The fourth-order valence-corrected chi connectivity index (χ4v) is 5.45. The smallest absolute Gasteiger partial charge is 0.420 e. The van der Waals surface area contributed by atoms with Crippen LogP contribution in [-0.2, 0) is 22.2 Å². The number of hydrogen-bond acceptors (Lipinski definition) is 4. The van der Waals surface area contributed by atoms with Crippen molar-refractivity contribution in [2.24, 2.45) is 0 Å². The van der Waals surface area contributed by atoms with E-state index in [2.05, 4.69) is 10.6 Å². The molecule has 0 aromatic heterocycles. The summed E-state index contributed by atoms with van der Waals surface area (Å²) in [5.74, 6) is -2.50. The Bertz CT molecular complexity index is 1420. The quantitative estimate of drug-likeness (QED) is 0.223. The molecule has 1 saturated carbocycles. The second-order valence-electron chi connectivity index (χ2n) is 10.8. The first kappa shape index (κ1) is 31.6. The molecule has 43 heavy (non-hydrogen) atoms. The number of alkyl halides is 3. The summed E-state index contributed by atoms with van der Waals surface area (Å²) in [5, 5.41) is 14.0. The lowest BCUT2D eigenvalue weighted by Crippen LogP contribution is -2.26. The van der Waals surface area contributed by atoms with E-state index < -0.39 is 35.4 Å². The number of amides is 2. The van der Waals surface area contributed by atoms with Crippen molar-refractivity contribution in [1.29, 1.82) is 0 Å². The van der Waals surface area contributed by atoms with Crippen LogP contribution in [0, 0.1) is 0 Å². The molecular weight excluding hydrogens is 561 g/mol. The van der Waals surface area contributed by atoms with Gasteiger partial charge in [-0.2, -0.15) is 13.2 Å². The van der Waals surface area contributed by atoms with Gasteiger partial charge in [-0.1, -0.05) is 55.7 Å². The molecule has 0 heterocycles. The van der Waals surface area contributed by atoms with Crippen molar-refractivity contribution in [2.45, 2.75) is 63.0 Å². The fourth-order valence-electron chi connectivity index (χ4n) is 5.45. The zero-order valence-corrected chi connectivity index (χ0v) is 23.9. The first-order valence-corrected chi connectivity index (χ1v) is 14.3. The number of anilines is 1. The third-order valence-corrected chi connectivity index (χ3v) is 7.78. The van der Waals surface area contributed by atoms with E-state index in [1.165, 1.54) is 37.0 Å². The number of nitrogens with one attached hydrogen (secondary N) is 2. The standard InChI is InChI=1S/C33H35F3N2O5/c1-43-29-16-15-26(20-28(29)33(34,35)36)38-32(42)27(24-13-11-23(12-14-24)22-5-3-2-4-6-22)19-21-7-9-25(10-8-21)31(41)37-18-17-30(39)40/h7-16,20,22,27H,2-6,17-19H2,1H3,(H,37,41)(H,38,42)(H,39,40). The highest BCUT2D eigenvalue weighted by molar-refractivity contribution is 5.96. The minimum Gasteiger partial charge on any atom is -0.496 e. The van der Waals surface area contributed by atoms with Gasteiger partial charge in [-0.3, -0.25) is 14.4 Å². The van der Waals surface area contributed by atoms with Crippen LogP contribution < -0.4 is 15.4 Å². The number of hydrogen-bond donors (Lipinski definition) is 3. The molecule has 0 saturated heterocycles. The Hall–Kier alpha value is -4.34. The number of benzene rings is 3. The van der Waals surface area contributed by atoms with Gasteiger partial charge in [0.25, 0.3) is 5.91 Å². The summed E-state index contributed by atoms with van der Waals surface area (Å²) < 4.78 is 45.7. The second-order valence-corrected chi connectivity index (χ2v) is 10.8. The molecule has 0 bridgehead atoms. The van der Waals surface area contributed by atoms with E-state index in [-0.39, 0.29) is 30.8 Å². The summed E-state index contributed by atoms with van der Waals surface area (Å²) in [4.78, 5) is 36.7. The van der Waals surface area contributed by atoms with Crippen molar-refractivity contribution < 1.29 is 37.4 Å². The summed E-state index contributed by atoms with van der Waals surface area (Å²) in [7, 11) is 1.15. The van der Waals surface area contributed by atoms with E-state index in [0.717, 1.165) is 37.1 Å². The highest BCUT2D eigenvalue weighted by atomic mass is 19.4. The van der Waals surface area contributed by atoms with E-state index in [9.17, 15) is 27.6 Å². The van der Waals surface area contributed by atoms with Gasteiger partial charge in [-0.15, -0.1) is 0 Å². The monoisotopic (exact) mass is 596 g/mol. The number of carbonyl (C=O) groups excluding carboxylic acids is 2. The third-order valence-electron chi connectivity index (χ3n) is 7.78. The van der Waals surface area contributed by atoms with Gasteiger partial charge in [0.15, 0.2) is 0 Å². The topological polar surface area (TPSA) is 105 Å². The van der Waals surface area contributed by atoms with Crippen LogP contribution in [-0.4, -0.2) is 36.5 Å². The maximum atomic E-state index is 13.6. The number of carboxylic acid groups (broad SMARTS) is 1. The molecule has 3 aromatic carbocycles. The molecule has 4 rings (SSSR count). The van der Waals surface area contributed by atoms with Gasteiger partial charge in [0.05, 0.1) is 25.0 Å². The number of methoxy groups -OCH3 is 1. The Balaban J connectivity index is 1.57. The predicted molar refractivity (Wildman–Crippen MR) is 156 cm³/mol. The van der Waals surface area contributed by atoms with Gasteiger partial charge in [0, 0.05) is 17.8 Å². The molecule has 3 N–H and O–H groups in total. The Kier molecular flexibility index (Phi) is 10.4. The maximum Gasteiger partial charge on any atom is 0.420 e. The number of ether oxygens (including phenoxy) is 1. The molecule has 1 unspecified atom stereocenters. The van der Waals surface area contributed by atoms with Gasteiger partial charge < -0.3 is 20.5 Å². The minimum absolute atomic E-state index is 0.00354. The fraction of sp³-hybridized carbons (Fsp3) is 0.364. The molecular formula is C33H35F3N2O5. The molecule has 0 aliphatic heterocycles. The Morgan fingerprint density at radius 2 is 1.63 bits per heavy atom. The van der Waals surface area contributed by atoms with Crippen LogP contribution in [0.1, 0.15) is 83.0 Å². The van der Waals surface area contributed by atoms with Gasteiger partial charge in [0.2, 0.25) is 5.91 Å². The van der Waals surface area contributed by atoms with Crippen molar-refractivity contribution in [2.75, 3.05) is 19.0 Å². The number of carboxylic acids is 1. The summed E-state index contributed by atoms with van der Waals surface area (Å²) in [6.07, 6.45) is 1.23. The Morgan fingerprint density at radius 1 is 0.953 bits per heavy atom. The molecule has 7 nitrogen and oxygen atoms in total. The number of halogens is 3. The molecule has 10 heteroatoms. The Labute approximate surface area is 248 Å². The molecule has 1 aliphatic carbocycles. The largest absolute Gasteiger partial charge is 0.496 e. The molecule has 1 aliphatic rings. The zero-order valence-electron chi connectivity index (χ0n) is 23.9. The van der Waals surface area contributed by atoms with Crippen molar-refractivity contribution in [3.8, 4) is 5.75 Å². The van der Waals surface area contributed by atoms with E-state index in [0.29, 0.717) is 11.5 Å². The average molecular weight is 597 g/mol. The molecule has 0 spiro atoms. The van der Waals surface area contributed by atoms with Gasteiger partial charge in [-0.25, -0.2) is 0 Å². The van der Waals surface area contributed by atoms with E-state index in [1.54, 1.807) is 24.3 Å². The van der Waals surface area contributed by atoms with Crippen LogP contribution in [0.25, 0.3) is 0 Å².